The quantitative estimate of drug-likeness (QED) is 0.559. The molecule has 3 rings (SSSR count). The van der Waals surface area contributed by atoms with Crippen molar-refractivity contribution >= 4 is 12.1 Å². The maximum absolute atomic E-state index is 12.1. The second kappa shape index (κ2) is 7.37. The molecule has 0 radical (unpaired) electrons. The number of hydrogen-bond donors (Lipinski definition) is 2. The molecule has 2 N–H and O–H groups in total. The summed E-state index contributed by atoms with van der Waals surface area (Å²) in [5.74, 6) is -0.328. The van der Waals surface area contributed by atoms with Crippen LogP contribution in [0.25, 0.3) is 11.3 Å². The lowest BCUT2D eigenvalue weighted by molar-refractivity contribution is 0.0950. The molecule has 0 atom stereocenters. The van der Waals surface area contributed by atoms with Crippen LogP contribution in [0, 0.1) is 0 Å². The third-order valence-electron chi connectivity index (χ3n) is 3.66. The first-order chi connectivity index (χ1) is 11.8. The van der Waals surface area contributed by atoms with Gasteiger partial charge in [-0.3, -0.25) is 9.89 Å². The van der Waals surface area contributed by atoms with Crippen LogP contribution >= 0.6 is 0 Å². The predicted octanol–water partition coefficient (Wildman–Crippen LogP) is 3.40. The van der Waals surface area contributed by atoms with E-state index in [1.54, 1.807) is 12.3 Å². The number of H-pyrrole nitrogens is 1. The zero-order chi connectivity index (χ0) is 16.8. The Balaban J connectivity index is 1.66. The number of aromatic amines is 1. The van der Waals surface area contributed by atoms with Gasteiger partial charge in [-0.25, -0.2) is 5.43 Å². The molecule has 120 valence electrons. The lowest BCUT2D eigenvalue weighted by Crippen LogP contribution is -2.17. The molecule has 0 unspecified atom stereocenters. The minimum absolute atomic E-state index is 0.328. The van der Waals surface area contributed by atoms with Crippen molar-refractivity contribution in [1.82, 2.24) is 15.6 Å². The maximum atomic E-state index is 12.1. The van der Waals surface area contributed by atoms with Crippen LogP contribution in [0.2, 0.25) is 0 Å². The monoisotopic (exact) mass is 318 g/mol. The molecule has 2 aromatic carbocycles. The fourth-order valence-corrected chi connectivity index (χ4v) is 2.26. The molecule has 1 heterocycles. The summed E-state index contributed by atoms with van der Waals surface area (Å²) >= 11 is 0. The van der Waals surface area contributed by atoms with E-state index in [0.717, 1.165) is 23.2 Å². The van der Waals surface area contributed by atoms with Crippen molar-refractivity contribution in [3.05, 3.63) is 77.5 Å². The van der Waals surface area contributed by atoms with Crippen LogP contribution in [0.15, 0.2) is 65.8 Å². The first-order valence-electron chi connectivity index (χ1n) is 7.79. The first kappa shape index (κ1) is 15.7. The molecule has 1 aromatic heterocycles. The number of aromatic nitrogens is 2. The van der Waals surface area contributed by atoms with Gasteiger partial charge in [-0.15, -0.1) is 0 Å². The molecule has 0 fully saturated rings. The lowest BCUT2D eigenvalue weighted by atomic mass is 10.1. The third-order valence-corrected chi connectivity index (χ3v) is 3.66. The maximum Gasteiger partial charge on any atom is 0.289 e. The standard InChI is InChI=1S/C19H18N4O/c1-2-14-8-10-16(11-9-14)17-12-18(22-21-17)19(24)23-20-13-15-6-4-3-5-7-15/h3-13H,2H2,1H3,(H,21,22)(H,23,24)/b20-13+. The molecule has 5 heteroatoms. The number of carbonyl (C=O) groups is 1. The third kappa shape index (κ3) is 3.76. The highest BCUT2D eigenvalue weighted by atomic mass is 16.2. The molecule has 1 amide bonds. The Hall–Kier alpha value is -3.21. The minimum atomic E-state index is -0.328. The van der Waals surface area contributed by atoms with E-state index in [-0.39, 0.29) is 5.91 Å². The highest BCUT2D eigenvalue weighted by Gasteiger charge is 2.10. The van der Waals surface area contributed by atoms with Gasteiger partial charge in [-0.1, -0.05) is 61.5 Å². The number of benzene rings is 2. The molecular formula is C19H18N4O. The predicted molar refractivity (Wildman–Crippen MR) is 94.9 cm³/mol. The topological polar surface area (TPSA) is 70.1 Å². The SMILES string of the molecule is CCc1ccc(-c2cc(C(=O)N/N=C/c3ccccc3)[nH]n2)cc1. The number of carbonyl (C=O) groups excluding carboxylic acids is 1. The molecule has 0 aliphatic rings. The fraction of sp³-hybridized carbons (Fsp3) is 0.105. The van der Waals surface area contributed by atoms with Crippen LogP contribution in [0.5, 0.6) is 0 Å². The summed E-state index contributed by atoms with van der Waals surface area (Å²) in [5.41, 5.74) is 6.74. The van der Waals surface area contributed by atoms with Crippen molar-refractivity contribution in [1.29, 1.82) is 0 Å². The van der Waals surface area contributed by atoms with Crippen molar-refractivity contribution in [3.63, 3.8) is 0 Å². The zero-order valence-corrected chi connectivity index (χ0v) is 13.4. The Labute approximate surface area is 140 Å². The van der Waals surface area contributed by atoms with E-state index in [2.05, 4.69) is 39.8 Å². The van der Waals surface area contributed by atoms with Crippen molar-refractivity contribution in [3.8, 4) is 11.3 Å². The number of hydrazone groups is 1. The number of amides is 1. The molecular weight excluding hydrogens is 300 g/mol. The summed E-state index contributed by atoms with van der Waals surface area (Å²) in [4.78, 5) is 12.1. The molecule has 0 aliphatic carbocycles. The van der Waals surface area contributed by atoms with Gasteiger partial charge in [0.05, 0.1) is 11.9 Å². The van der Waals surface area contributed by atoms with Gasteiger partial charge in [0.15, 0.2) is 0 Å². The number of aryl methyl sites for hydroxylation is 1. The number of hydrogen-bond acceptors (Lipinski definition) is 3. The van der Waals surface area contributed by atoms with E-state index in [4.69, 9.17) is 0 Å². The summed E-state index contributed by atoms with van der Waals surface area (Å²) in [5, 5.41) is 10.9. The number of nitrogens with zero attached hydrogens (tertiary/aromatic N) is 2. The Bertz CT molecular complexity index is 835. The molecule has 0 spiro atoms. The molecule has 3 aromatic rings. The lowest BCUT2D eigenvalue weighted by Gasteiger charge is -1.98. The molecule has 0 bridgehead atoms. The van der Waals surface area contributed by atoms with Crippen molar-refractivity contribution in [2.45, 2.75) is 13.3 Å². The second-order valence-corrected chi connectivity index (χ2v) is 5.33. The number of rotatable bonds is 5. The van der Waals surface area contributed by atoms with Gasteiger partial charge in [-0.05, 0) is 23.6 Å². The average molecular weight is 318 g/mol. The van der Waals surface area contributed by atoms with E-state index in [0.29, 0.717) is 5.69 Å². The summed E-state index contributed by atoms with van der Waals surface area (Å²) < 4.78 is 0. The number of nitrogens with one attached hydrogen (secondary N) is 2. The van der Waals surface area contributed by atoms with Gasteiger partial charge >= 0.3 is 0 Å². The van der Waals surface area contributed by atoms with Gasteiger partial charge in [0.25, 0.3) is 5.91 Å². The average Bonchev–Trinajstić information content (AvgIpc) is 3.13. The largest absolute Gasteiger partial charge is 0.289 e. The molecule has 0 aliphatic heterocycles. The summed E-state index contributed by atoms with van der Waals surface area (Å²) in [6, 6.07) is 19.4. The first-order valence-corrected chi connectivity index (χ1v) is 7.79. The van der Waals surface area contributed by atoms with E-state index in [9.17, 15) is 4.79 Å². The molecule has 0 saturated heterocycles. The minimum Gasteiger partial charge on any atom is -0.272 e. The smallest absolute Gasteiger partial charge is 0.272 e. The van der Waals surface area contributed by atoms with Gasteiger partial charge < -0.3 is 0 Å². The normalized spacial score (nSPS) is 10.9. The van der Waals surface area contributed by atoms with Crippen LogP contribution < -0.4 is 5.43 Å². The second-order valence-electron chi connectivity index (χ2n) is 5.33. The van der Waals surface area contributed by atoms with Crippen LogP contribution in [0.4, 0.5) is 0 Å². The Morgan fingerprint density at radius 1 is 1.17 bits per heavy atom. The van der Waals surface area contributed by atoms with Gasteiger partial charge in [0, 0.05) is 5.56 Å². The summed E-state index contributed by atoms with van der Waals surface area (Å²) in [6.45, 7) is 2.11. The Morgan fingerprint density at radius 2 is 1.92 bits per heavy atom. The van der Waals surface area contributed by atoms with Crippen LogP contribution in [-0.4, -0.2) is 22.3 Å². The molecule has 5 nitrogen and oxygen atoms in total. The highest BCUT2D eigenvalue weighted by molar-refractivity contribution is 5.94. The highest BCUT2D eigenvalue weighted by Crippen LogP contribution is 2.18. The Morgan fingerprint density at radius 3 is 2.62 bits per heavy atom. The Kier molecular flexibility index (Phi) is 4.81. The van der Waals surface area contributed by atoms with E-state index in [1.807, 2.05) is 42.5 Å². The fourth-order valence-electron chi connectivity index (χ4n) is 2.26. The molecule has 0 saturated carbocycles. The van der Waals surface area contributed by atoms with Crippen LogP contribution in [-0.2, 0) is 6.42 Å². The van der Waals surface area contributed by atoms with E-state index < -0.39 is 0 Å². The van der Waals surface area contributed by atoms with E-state index >= 15 is 0 Å². The van der Waals surface area contributed by atoms with Crippen molar-refractivity contribution < 1.29 is 4.79 Å². The molecule has 24 heavy (non-hydrogen) atoms. The summed E-state index contributed by atoms with van der Waals surface area (Å²) in [6.07, 6.45) is 2.59. The van der Waals surface area contributed by atoms with E-state index in [1.165, 1.54) is 5.56 Å². The van der Waals surface area contributed by atoms with Gasteiger partial charge in [0.2, 0.25) is 0 Å². The van der Waals surface area contributed by atoms with Gasteiger partial charge in [-0.2, -0.15) is 10.2 Å². The van der Waals surface area contributed by atoms with Crippen LogP contribution in [0.3, 0.4) is 0 Å². The van der Waals surface area contributed by atoms with Gasteiger partial charge in [0.1, 0.15) is 5.69 Å². The van der Waals surface area contributed by atoms with Crippen molar-refractivity contribution in [2.75, 3.05) is 0 Å². The van der Waals surface area contributed by atoms with Crippen LogP contribution in [0.1, 0.15) is 28.5 Å². The summed E-state index contributed by atoms with van der Waals surface area (Å²) in [7, 11) is 0. The zero-order valence-electron chi connectivity index (χ0n) is 13.4. The van der Waals surface area contributed by atoms with Crippen molar-refractivity contribution in [2.24, 2.45) is 5.10 Å².